The number of primary sulfonamides is 1. The van der Waals surface area contributed by atoms with Crippen LogP contribution in [0.3, 0.4) is 0 Å². The van der Waals surface area contributed by atoms with Gasteiger partial charge in [0.25, 0.3) is 5.91 Å². The number of amides is 1. The minimum atomic E-state index is -3.77. The molecule has 0 bridgehead atoms. The molecule has 6 nitrogen and oxygen atoms in total. The lowest BCUT2D eigenvalue weighted by Gasteiger charge is -2.09. The Kier molecular flexibility index (Phi) is 5.48. The highest BCUT2D eigenvalue weighted by Crippen LogP contribution is 2.31. The molecule has 0 aromatic heterocycles. The van der Waals surface area contributed by atoms with Crippen LogP contribution in [0.4, 0.5) is 5.69 Å². The number of nitrogens with one attached hydrogen (secondary N) is 1. The van der Waals surface area contributed by atoms with Gasteiger partial charge in [0.1, 0.15) is 10.8 Å². The lowest BCUT2D eigenvalue weighted by atomic mass is 10.3. The number of anilines is 1. The van der Waals surface area contributed by atoms with Crippen molar-refractivity contribution in [3.8, 4) is 5.75 Å². The predicted octanol–water partition coefficient (Wildman–Crippen LogP) is 2.66. The molecule has 0 unspecified atom stereocenters. The van der Waals surface area contributed by atoms with Crippen molar-refractivity contribution in [2.45, 2.75) is 4.90 Å². The largest absolute Gasteiger partial charge is 0.482 e. The van der Waals surface area contributed by atoms with E-state index in [-0.39, 0.29) is 16.5 Å². The number of sulfonamides is 1. The van der Waals surface area contributed by atoms with Crippen LogP contribution in [-0.2, 0) is 14.8 Å². The molecule has 0 aliphatic carbocycles. The van der Waals surface area contributed by atoms with Crippen LogP contribution in [0, 0.1) is 0 Å². The number of ether oxygens (including phenoxy) is 1. The maximum absolute atomic E-state index is 11.8. The smallest absolute Gasteiger partial charge is 0.262 e. The van der Waals surface area contributed by atoms with Crippen LogP contribution >= 0.6 is 23.2 Å². The highest BCUT2D eigenvalue weighted by Gasteiger charge is 2.10. The summed E-state index contributed by atoms with van der Waals surface area (Å²) in [6.45, 7) is -0.281. The summed E-state index contributed by atoms with van der Waals surface area (Å²) in [4.78, 5) is 11.8. The Hall–Kier alpha value is -1.80. The molecule has 0 atom stereocenters. The molecule has 0 heterocycles. The molecular weight excluding hydrogens is 363 g/mol. The Labute approximate surface area is 143 Å². The van der Waals surface area contributed by atoms with Crippen LogP contribution in [0.5, 0.6) is 5.75 Å². The SMILES string of the molecule is NS(=O)(=O)c1ccc(NC(=O)COc2cccc(Cl)c2Cl)cc1. The number of benzene rings is 2. The van der Waals surface area contributed by atoms with Crippen molar-refractivity contribution in [1.82, 2.24) is 0 Å². The fourth-order valence-corrected chi connectivity index (χ4v) is 2.53. The summed E-state index contributed by atoms with van der Waals surface area (Å²) in [5.74, 6) is -0.150. The van der Waals surface area contributed by atoms with Gasteiger partial charge in [0.05, 0.1) is 9.92 Å². The number of carbonyl (C=O) groups excluding carboxylic acids is 1. The monoisotopic (exact) mass is 374 g/mol. The average molecular weight is 375 g/mol. The van der Waals surface area contributed by atoms with Gasteiger partial charge < -0.3 is 10.1 Å². The maximum atomic E-state index is 11.8. The first-order valence-electron chi connectivity index (χ1n) is 6.27. The first kappa shape index (κ1) is 17.6. The fraction of sp³-hybridized carbons (Fsp3) is 0.0714. The second-order valence-electron chi connectivity index (χ2n) is 4.46. The third-order valence-electron chi connectivity index (χ3n) is 2.74. The molecule has 0 saturated carbocycles. The van der Waals surface area contributed by atoms with E-state index in [1.165, 1.54) is 24.3 Å². The van der Waals surface area contributed by atoms with Gasteiger partial charge in [-0.25, -0.2) is 13.6 Å². The quantitative estimate of drug-likeness (QED) is 0.839. The minimum Gasteiger partial charge on any atom is -0.482 e. The summed E-state index contributed by atoms with van der Waals surface area (Å²) in [6, 6.07) is 10.3. The summed E-state index contributed by atoms with van der Waals surface area (Å²) in [5, 5.41) is 8.08. The van der Waals surface area contributed by atoms with Gasteiger partial charge >= 0.3 is 0 Å². The van der Waals surface area contributed by atoms with Crippen molar-refractivity contribution in [2.24, 2.45) is 5.14 Å². The van der Waals surface area contributed by atoms with Crippen molar-refractivity contribution in [2.75, 3.05) is 11.9 Å². The van der Waals surface area contributed by atoms with Crippen LogP contribution in [0.25, 0.3) is 0 Å². The van der Waals surface area contributed by atoms with Crippen LogP contribution in [0.15, 0.2) is 47.4 Å². The van der Waals surface area contributed by atoms with Gasteiger partial charge in [-0.3, -0.25) is 4.79 Å². The topological polar surface area (TPSA) is 98.5 Å². The minimum absolute atomic E-state index is 0.0440. The lowest BCUT2D eigenvalue weighted by molar-refractivity contribution is -0.118. The van der Waals surface area contributed by atoms with E-state index in [0.29, 0.717) is 16.5 Å². The second kappa shape index (κ2) is 7.18. The Morgan fingerprint density at radius 2 is 1.78 bits per heavy atom. The summed E-state index contributed by atoms with van der Waals surface area (Å²) < 4.78 is 27.5. The molecule has 2 rings (SSSR count). The van der Waals surface area contributed by atoms with E-state index in [0.717, 1.165) is 0 Å². The van der Waals surface area contributed by atoms with Gasteiger partial charge in [-0.2, -0.15) is 0 Å². The molecule has 0 saturated heterocycles. The third-order valence-corrected chi connectivity index (χ3v) is 4.47. The normalized spacial score (nSPS) is 11.1. The third kappa shape index (κ3) is 4.84. The number of rotatable bonds is 5. The summed E-state index contributed by atoms with van der Waals surface area (Å²) in [7, 11) is -3.77. The number of halogens is 2. The molecule has 3 N–H and O–H groups in total. The molecular formula is C14H12Cl2N2O4S. The van der Waals surface area contributed by atoms with E-state index in [1.807, 2.05) is 0 Å². The van der Waals surface area contributed by atoms with Gasteiger partial charge in [-0.15, -0.1) is 0 Å². The van der Waals surface area contributed by atoms with Gasteiger partial charge in [0, 0.05) is 5.69 Å². The van der Waals surface area contributed by atoms with E-state index in [4.69, 9.17) is 33.1 Å². The van der Waals surface area contributed by atoms with E-state index in [2.05, 4.69) is 5.32 Å². The standard InChI is InChI=1S/C14H12Cl2N2O4S/c15-11-2-1-3-12(14(11)16)22-8-13(19)18-9-4-6-10(7-5-9)23(17,20)21/h1-7H,8H2,(H,18,19)(H2,17,20,21). The van der Waals surface area contributed by atoms with Crippen LogP contribution in [0.1, 0.15) is 0 Å². The summed E-state index contributed by atoms with van der Waals surface area (Å²) in [6.07, 6.45) is 0. The van der Waals surface area contributed by atoms with Crippen LogP contribution in [0.2, 0.25) is 10.0 Å². The zero-order chi connectivity index (χ0) is 17.0. The molecule has 23 heavy (non-hydrogen) atoms. The molecule has 122 valence electrons. The van der Waals surface area contributed by atoms with Gasteiger partial charge in [0.2, 0.25) is 10.0 Å². The van der Waals surface area contributed by atoms with E-state index >= 15 is 0 Å². The first-order valence-corrected chi connectivity index (χ1v) is 8.57. The first-order chi connectivity index (χ1) is 10.8. The fourth-order valence-electron chi connectivity index (χ4n) is 1.66. The van der Waals surface area contributed by atoms with E-state index < -0.39 is 15.9 Å². The van der Waals surface area contributed by atoms with Crippen molar-refractivity contribution in [3.63, 3.8) is 0 Å². The highest BCUT2D eigenvalue weighted by molar-refractivity contribution is 7.89. The van der Waals surface area contributed by atoms with Crippen LogP contribution in [-0.4, -0.2) is 20.9 Å². The zero-order valence-electron chi connectivity index (χ0n) is 11.6. The molecule has 0 radical (unpaired) electrons. The predicted molar refractivity (Wildman–Crippen MR) is 88.4 cm³/mol. The molecule has 0 aliphatic heterocycles. The highest BCUT2D eigenvalue weighted by atomic mass is 35.5. The lowest BCUT2D eigenvalue weighted by Crippen LogP contribution is -2.20. The number of carbonyl (C=O) groups is 1. The summed E-state index contributed by atoms with van der Waals surface area (Å²) in [5.41, 5.74) is 0.406. The zero-order valence-corrected chi connectivity index (χ0v) is 14.0. The Morgan fingerprint density at radius 3 is 2.39 bits per heavy atom. The molecule has 2 aromatic rings. The summed E-state index contributed by atoms with van der Waals surface area (Å²) >= 11 is 11.8. The molecule has 0 aliphatic rings. The second-order valence-corrected chi connectivity index (χ2v) is 6.80. The Bertz CT molecular complexity index is 823. The van der Waals surface area contributed by atoms with Gasteiger partial charge in [0.15, 0.2) is 6.61 Å². The maximum Gasteiger partial charge on any atom is 0.262 e. The van der Waals surface area contributed by atoms with Gasteiger partial charge in [-0.1, -0.05) is 29.3 Å². The molecule has 0 spiro atoms. The molecule has 1 amide bonds. The number of hydrogen-bond donors (Lipinski definition) is 2. The molecule has 9 heteroatoms. The number of nitrogens with two attached hydrogens (primary N) is 1. The Morgan fingerprint density at radius 1 is 1.13 bits per heavy atom. The van der Waals surface area contributed by atoms with Crippen molar-refractivity contribution in [1.29, 1.82) is 0 Å². The van der Waals surface area contributed by atoms with Gasteiger partial charge in [-0.05, 0) is 36.4 Å². The van der Waals surface area contributed by atoms with E-state index in [1.54, 1.807) is 18.2 Å². The van der Waals surface area contributed by atoms with Crippen molar-refractivity contribution in [3.05, 3.63) is 52.5 Å². The Balaban J connectivity index is 1.96. The van der Waals surface area contributed by atoms with Crippen molar-refractivity contribution >= 4 is 44.8 Å². The van der Waals surface area contributed by atoms with Crippen molar-refractivity contribution < 1.29 is 17.9 Å². The average Bonchev–Trinajstić information content (AvgIpc) is 2.48. The van der Waals surface area contributed by atoms with Crippen LogP contribution < -0.4 is 15.2 Å². The molecule has 0 fully saturated rings. The number of hydrogen-bond acceptors (Lipinski definition) is 4. The molecule has 2 aromatic carbocycles. The van der Waals surface area contributed by atoms with E-state index in [9.17, 15) is 13.2 Å².